The first-order valence-electron chi connectivity index (χ1n) is 10.1. The average Bonchev–Trinajstić information content (AvgIpc) is 2.75. The Hall–Kier alpha value is -2.24. The van der Waals surface area contributed by atoms with Gasteiger partial charge in [-0.2, -0.15) is 0 Å². The van der Waals surface area contributed by atoms with Crippen LogP contribution in [0.15, 0.2) is 48.5 Å². The van der Waals surface area contributed by atoms with E-state index in [9.17, 15) is 9.59 Å². The largest absolute Gasteiger partial charge is 0.494 e. The number of amides is 2. The molecule has 5 nitrogen and oxygen atoms in total. The molecule has 0 aliphatic rings. The number of nitrogens with zero attached hydrogens (tertiary/aromatic N) is 1. The first-order chi connectivity index (χ1) is 14.4. The molecule has 0 radical (unpaired) electrons. The molecular weight excluding hydrogens is 423 g/mol. The second-order valence-electron chi connectivity index (χ2n) is 6.95. The molecule has 0 bridgehead atoms. The summed E-state index contributed by atoms with van der Waals surface area (Å²) < 4.78 is 5.66. The minimum Gasteiger partial charge on any atom is -0.494 e. The highest BCUT2D eigenvalue weighted by Gasteiger charge is 2.27. The second kappa shape index (κ2) is 12.5. The van der Waals surface area contributed by atoms with E-state index >= 15 is 0 Å². The zero-order chi connectivity index (χ0) is 21.9. The predicted molar refractivity (Wildman–Crippen MR) is 121 cm³/mol. The number of halogens is 2. The summed E-state index contributed by atoms with van der Waals surface area (Å²) in [6.45, 7) is 4.83. The Morgan fingerprint density at radius 1 is 1.07 bits per heavy atom. The molecule has 0 heterocycles. The van der Waals surface area contributed by atoms with Crippen molar-refractivity contribution < 1.29 is 14.3 Å². The Morgan fingerprint density at radius 2 is 1.73 bits per heavy atom. The number of ether oxygens (including phenoxy) is 1. The Kier molecular flexibility index (Phi) is 9.98. The Morgan fingerprint density at radius 3 is 2.37 bits per heavy atom. The van der Waals surface area contributed by atoms with Gasteiger partial charge in [-0.05, 0) is 44.0 Å². The Labute approximate surface area is 188 Å². The van der Waals surface area contributed by atoms with E-state index in [2.05, 4.69) is 5.32 Å². The molecule has 30 heavy (non-hydrogen) atoms. The third-order valence-electron chi connectivity index (χ3n) is 4.65. The molecule has 0 saturated carbocycles. The van der Waals surface area contributed by atoms with Gasteiger partial charge in [0.25, 0.3) is 0 Å². The Bertz CT molecular complexity index is 810. The molecule has 1 unspecified atom stereocenters. The number of hydrogen-bond acceptors (Lipinski definition) is 3. The van der Waals surface area contributed by atoms with Gasteiger partial charge in [0, 0.05) is 35.1 Å². The van der Waals surface area contributed by atoms with Crippen LogP contribution in [0.3, 0.4) is 0 Å². The minimum absolute atomic E-state index is 0.151. The first kappa shape index (κ1) is 24.0. The summed E-state index contributed by atoms with van der Waals surface area (Å²) >= 11 is 12.6. The van der Waals surface area contributed by atoms with E-state index < -0.39 is 6.04 Å². The number of benzene rings is 2. The number of rotatable bonds is 11. The smallest absolute Gasteiger partial charge is 0.242 e. The number of para-hydroxylation sites is 1. The molecule has 0 aliphatic carbocycles. The van der Waals surface area contributed by atoms with Gasteiger partial charge in [0.15, 0.2) is 0 Å². The summed E-state index contributed by atoms with van der Waals surface area (Å²) in [7, 11) is 0. The van der Waals surface area contributed by atoms with E-state index in [0.29, 0.717) is 35.2 Å². The highest BCUT2D eigenvalue weighted by molar-refractivity contribution is 6.36. The molecule has 2 amide bonds. The van der Waals surface area contributed by atoms with Crippen molar-refractivity contribution >= 4 is 35.0 Å². The summed E-state index contributed by atoms with van der Waals surface area (Å²) in [6, 6.07) is 14.0. The zero-order valence-corrected chi connectivity index (χ0v) is 18.9. The molecule has 1 atom stereocenters. The molecular formula is C23H28Cl2N2O3. The molecule has 2 aromatic rings. The number of carbonyl (C=O) groups excluding carboxylic acids is 2. The maximum absolute atomic E-state index is 13.0. The van der Waals surface area contributed by atoms with Crippen LogP contribution in [0.25, 0.3) is 0 Å². The fourth-order valence-electron chi connectivity index (χ4n) is 2.91. The molecule has 7 heteroatoms. The topological polar surface area (TPSA) is 58.6 Å². The maximum atomic E-state index is 13.0. The van der Waals surface area contributed by atoms with Gasteiger partial charge in [-0.3, -0.25) is 9.59 Å². The van der Waals surface area contributed by atoms with E-state index in [1.165, 1.54) is 4.90 Å². The molecule has 2 aromatic carbocycles. The summed E-state index contributed by atoms with van der Waals surface area (Å²) in [6.07, 6.45) is 1.60. The second-order valence-corrected chi connectivity index (χ2v) is 7.77. The van der Waals surface area contributed by atoms with E-state index in [4.69, 9.17) is 27.9 Å². The molecule has 0 aliphatic heterocycles. The van der Waals surface area contributed by atoms with Crippen LogP contribution in [0.1, 0.15) is 38.7 Å². The first-order valence-corrected chi connectivity index (χ1v) is 10.9. The van der Waals surface area contributed by atoms with Crippen molar-refractivity contribution in [3.8, 4) is 5.75 Å². The SMILES string of the molecule is CCCNC(=O)C(C)N(Cc1c(Cl)cccc1Cl)C(=O)CCCOc1ccccc1. The lowest BCUT2D eigenvalue weighted by atomic mass is 10.1. The van der Waals surface area contributed by atoms with Crippen molar-refractivity contribution in [2.45, 2.75) is 45.7 Å². The lowest BCUT2D eigenvalue weighted by Crippen LogP contribution is -2.47. The van der Waals surface area contributed by atoms with Gasteiger partial charge in [-0.1, -0.05) is 54.4 Å². The number of hydrogen-bond donors (Lipinski definition) is 1. The number of carbonyl (C=O) groups is 2. The summed E-state index contributed by atoms with van der Waals surface area (Å²) in [5.41, 5.74) is 0.630. The molecule has 2 rings (SSSR count). The van der Waals surface area contributed by atoms with Crippen LogP contribution in [-0.4, -0.2) is 35.9 Å². The molecule has 0 spiro atoms. The average molecular weight is 451 g/mol. The van der Waals surface area contributed by atoms with Gasteiger partial charge in [-0.15, -0.1) is 0 Å². The van der Waals surface area contributed by atoms with Crippen LogP contribution in [0.4, 0.5) is 0 Å². The summed E-state index contributed by atoms with van der Waals surface area (Å²) in [5, 5.41) is 3.78. The van der Waals surface area contributed by atoms with Gasteiger partial charge in [0.2, 0.25) is 11.8 Å². The van der Waals surface area contributed by atoms with Crippen molar-refractivity contribution in [1.82, 2.24) is 10.2 Å². The van der Waals surface area contributed by atoms with E-state index in [1.807, 2.05) is 37.3 Å². The van der Waals surface area contributed by atoms with E-state index in [0.717, 1.165) is 12.2 Å². The van der Waals surface area contributed by atoms with Crippen LogP contribution in [-0.2, 0) is 16.1 Å². The molecule has 162 valence electrons. The fraction of sp³-hybridized carbons (Fsp3) is 0.391. The monoisotopic (exact) mass is 450 g/mol. The van der Waals surface area contributed by atoms with Crippen LogP contribution in [0, 0.1) is 0 Å². The lowest BCUT2D eigenvalue weighted by Gasteiger charge is -2.29. The molecule has 0 saturated heterocycles. The fourth-order valence-corrected chi connectivity index (χ4v) is 3.42. The van der Waals surface area contributed by atoms with Crippen LogP contribution >= 0.6 is 23.2 Å². The maximum Gasteiger partial charge on any atom is 0.242 e. The molecule has 0 aromatic heterocycles. The third kappa shape index (κ3) is 7.22. The lowest BCUT2D eigenvalue weighted by molar-refractivity contribution is -0.140. The van der Waals surface area contributed by atoms with Crippen LogP contribution < -0.4 is 10.1 Å². The van der Waals surface area contributed by atoms with Gasteiger partial charge in [-0.25, -0.2) is 0 Å². The van der Waals surface area contributed by atoms with Crippen molar-refractivity contribution in [3.05, 3.63) is 64.1 Å². The van der Waals surface area contributed by atoms with Crippen molar-refractivity contribution in [2.75, 3.05) is 13.2 Å². The summed E-state index contributed by atoms with van der Waals surface area (Å²) in [4.78, 5) is 27.1. The minimum atomic E-state index is -0.647. The van der Waals surface area contributed by atoms with Gasteiger partial charge >= 0.3 is 0 Å². The zero-order valence-electron chi connectivity index (χ0n) is 17.4. The Balaban J connectivity index is 2.05. The van der Waals surface area contributed by atoms with E-state index in [1.54, 1.807) is 25.1 Å². The van der Waals surface area contributed by atoms with Crippen LogP contribution in [0.5, 0.6) is 5.75 Å². The van der Waals surface area contributed by atoms with Crippen molar-refractivity contribution in [3.63, 3.8) is 0 Å². The van der Waals surface area contributed by atoms with E-state index in [-0.39, 0.29) is 24.8 Å². The van der Waals surface area contributed by atoms with Gasteiger partial charge in [0.1, 0.15) is 11.8 Å². The summed E-state index contributed by atoms with van der Waals surface area (Å²) in [5.74, 6) is 0.410. The number of nitrogens with one attached hydrogen (secondary N) is 1. The highest BCUT2D eigenvalue weighted by Crippen LogP contribution is 2.27. The standard InChI is InChI=1S/C23H28Cl2N2O3/c1-3-14-26-23(29)17(2)27(16-19-20(24)11-7-12-21(19)25)22(28)13-8-15-30-18-9-5-4-6-10-18/h4-7,9-12,17H,3,8,13-16H2,1-2H3,(H,26,29). The van der Waals surface area contributed by atoms with Gasteiger partial charge in [0.05, 0.1) is 6.61 Å². The molecule has 0 fully saturated rings. The third-order valence-corrected chi connectivity index (χ3v) is 5.36. The van der Waals surface area contributed by atoms with Crippen molar-refractivity contribution in [1.29, 1.82) is 0 Å². The van der Waals surface area contributed by atoms with Gasteiger partial charge < -0.3 is 15.0 Å². The highest BCUT2D eigenvalue weighted by atomic mass is 35.5. The van der Waals surface area contributed by atoms with Crippen LogP contribution in [0.2, 0.25) is 10.0 Å². The quantitative estimate of drug-likeness (QED) is 0.484. The normalized spacial score (nSPS) is 11.6. The molecule has 1 N–H and O–H groups in total. The van der Waals surface area contributed by atoms with Crippen molar-refractivity contribution in [2.24, 2.45) is 0 Å². The predicted octanol–water partition coefficient (Wildman–Crippen LogP) is 5.10.